The van der Waals surface area contributed by atoms with Crippen molar-refractivity contribution in [2.45, 2.75) is 11.8 Å². The van der Waals surface area contributed by atoms with Crippen molar-refractivity contribution in [2.24, 2.45) is 0 Å². The van der Waals surface area contributed by atoms with E-state index in [4.69, 9.17) is 4.18 Å². The Morgan fingerprint density at radius 2 is 1.93 bits per heavy atom. The third-order valence-corrected chi connectivity index (χ3v) is 2.77. The second-order valence-electron chi connectivity index (χ2n) is 2.99. The standard InChI is InChI=1S/C10H12O3S.Mg.2H/c1-9(2)8-13-14(11,12)10-6-4-3-5-7-10;;;/h3-7H,1,8H2,2H3;;;/q;+2;2*-1. The fourth-order valence-corrected chi connectivity index (χ4v) is 1.82. The first-order chi connectivity index (χ1) is 6.52. The van der Waals surface area contributed by atoms with Crippen LogP contribution in [0.25, 0.3) is 0 Å². The first kappa shape index (κ1) is 14.6. The van der Waals surface area contributed by atoms with E-state index >= 15 is 0 Å². The number of hydrogen-bond acceptors (Lipinski definition) is 3. The zero-order chi connectivity index (χ0) is 10.6. The van der Waals surface area contributed by atoms with Gasteiger partial charge in [0.25, 0.3) is 10.1 Å². The predicted octanol–water partition coefficient (Wildman–Crippen LogP) is 1.81. The van der Waals surface area contributed by atoms with Gasteiger partial charge in [-0.15, -0.1) is 0 Å². The summed E-state index contributed by atoms with van der Waals surface area (Å²) in [6.07, 6.45) is 0. The molecule has 80 valence electrons. The minimum Gasteiger partial charge on any atom is -1.00 e. The Morgan fingerprint density at radius 1 is 1.40 bits per heavy atom. The Bertz CT molecular complexity index is 420. The molecule has 0 fully saturated rings. The molecule has 0 amide bonds. The quantitative estimate of drug-likeness (QED) is 0.456. The second kappa shape index (κ2) is 6.27. The molecule has 0 aromatic heterocycles. The van der Waals surface area contributed by atoms with E-state index in [9.17, 15) is 8.42 Å². The molecule has 0 bridgehead atoms. The van der Waals surface area contributed by atoms with Gasteiger partial charge in [0, 0.05) is 0 Å². The predicted molar refractivity (Wildman–Crippen MR) is 62.4 cm³/mol. The molecule has 0 N–H and O–H groups in total. The third-order valence-electron chi connectivity index (χ3n) is 1.49. The van der Waals surface area contributed by atoms with Crippen molar-refractivity contribution in [3.8, 4) is 0 Å². The van der Waals surface area contributed by atoms with Crippen LogP contribution in [0.5, 0.6) is 0 Å². The summed E-state index contributed by atoms with van der Waals surface area (Å²) in [6.45, 7) is 5.30. The molecule has 0 aliphatic rings. The Kier molecular flexibility index (Phi) is 6.12. The maximum Gasteiger partial charge on any atom is 2.00 e. The summed E-state index contributed by atoms with van der Waals surface area (Å²) in [4.78, 5) is 0.168. The van der Waals surface area contributed by atoms with Gasteiger partial charge in [0.1, 0.15) is 0 Å². The summed E-state index contributed by atoms with van der Waals surface area (Å²) >= 11 is 0. The fourth-order valence-electron chi connectivity index (χ4n) is 0.833. The average molecular weight is 239 g/mol. The smallest absolute Gasteiger partial charge is 1.00 e. The van der Waals surface area contributed by atoms with E-state index in [1.165, 1.54) is 12.1 Å². The van der Waals surface area contributed by atoms with Gasteiger partial charge in [-0.2, -0.15) is 8.42 Å². The van der Waals surface area contributed by atoms with Gasteiger partial charge < -0.3 is 2.85 Å². The Hall–Kier alpha value is -0.364. The van der Waals surface area contributed by atoms with Crippen molar-refractivity contribution < 1.29 is 15.5 Å². The molecule has 0 spiro atoms. The minimum atomic E-state index is -3.62. The van der Waals surface area contributed by atoms with Crippen molar-refractivity contribution in [1.82, 2.24) is 0 Å². The molecule has 0 aliphatic carbocycles. The van der Waals surface area contributed by atoms with Gasteiger partial charge in [-0.05, 0) is 19.1 Å². The van der Waals surface area contributed by atoms with Gasteiger partial charge in [0.2, 0.25) is 0 Å². The van der Waals surface area contributed by atoms with Crippen molar-refractivity contribution in [3.63, 3.8) is 0 Å². The van der Waals surface area contributed by atoms with Crippen LogP contribution in [0.4, 0.5) is 0 Å². The van der Waals surface area contributed by atoms with Crippen molar-refractivity contribution in [1.29, 1.82) is 0 Å². The Morgan fingerprint density at radius 3 is 2.40 bits per heavy atom. The van der Waals surface area contributed by atoms with Crippen LogP contribution in [0.15, 0.2) is 47.4 Å². The molecular formula is C10H14MgO3S. The largest absolute Gasteiger partial charge is 2.00 e. The number of benzene rings is 1. The zero-order valence-electron chi connectivity index (χ0n) is 10.6. The third kappa shape index (κ3) is 4.79. The maximum absolute atomic E-state index is 11.5. The minimum absolute atomic E-state index is 0. The van der Waals surface area contributed by atoms with Crippen LogP contribution in [-0.2, 0) is 14.3 Å². The summed E-state index contributed by atoms with van der Waals surface area (Å²) in [6, 6.07) is 8.04. The molecular weight excluding hydrogens is 224 g/mol. The van der Waals surface area contributed by atoms with Crippen molar-refractivity contribution in [3.05, 3.63) is 42.5 Å². The molecule has 0 unspecified atom stereocenters. The van der Waals surface area contributed by atoms with Crippen LogP contribution < -0.4 is 0 Å². The van der Waals surface area contributed by atoms with Crippen LogP contribution >= 0.6 is 0 Å². The molecule has 1 aromatic rings. The topological polar surface area (TPSA) is 43.4 Å². The number of rotatable bonds is 4. The number of hydrogen-bond donors (Lipinski definition) is 0. The van der Waals surface area contributed by atoms with Crippen LogP contribution in [0.1, 0.15) is 9.78 Å². The molecule has 3 nitrogen and oxygen atoms in total. The van der Waals surface area contributed by atoms with Gasteiger partial charge in [-0.25, -0.2) is 0 Å². The first-order valence-electron chi connectivity index (χ1n) is 4.11. The molecule has 5 heteroatoms. The molecule has 0 aliphatic heterocycles. The summed E-state index contributed by atoms with van der Waals surface area (Å²) in [5, 5.41) is 0. The summed E-state index contributed by atoms with van der Waals surface area (Å²) in [5.74, 6) is 0. The molecule has 1 aromatic carbocycles. The van der Waals surface area contributed by atoms with E-state index in [0.717, 1.165) is 0 Å². The zero-order valence-corrected chi connectivity index (χ0v) is 10.9. The fraction of sp³-hybridized carbons (Fsp3) is 0.200. The van der Waals surface area contributed by atoms with Gasteiger partial charge in [0.15, 0.2) is 0 Å². The Labute approximate surface area is 109 Å². The molecule has 0 heterocycles. The van der Waals surface area contributed by atoms with Crippen molar-refractivity contribution in [2.75, 3.05) is 6.61 Å². The van der Waals surface area contributed by atoms with E-state index < -0.39 is 10.1 Å². The van der Waals surface area contributed by atoms with E-state index in [1.807, 2.05) is 0 Å². The van der Waals surface area contributed by atoms with Crippen LogP contribution in [0.3, 0.4) is 0 Å². The molecule has 1 rings (SSSR count). The van der Waals surface area contributed by atoms with Gasteiger partial charge in [-0.3, -0.25) is 4.18 Å². The normalized spacial score (nSPS) is 10.5. The van der Waals surface area contributed by atoms with E-state index in [-0.39, 0.29) is 37.4 Å². The van der Waals surface area contributed by atoms with Gasteiger partial charge >= 0.3 is 23.1 Å². The van der Waals surface area contributed by atoms with Crippen LogP contribution in [-0.4, -0.2) is 38.1 Å². The summed E-state index contributed by atoms with van der Waals surface area (Å²) < 4.78 is 27.7. The second-order valence-corrected chi connectivity index (χ2v) is 4.60. The monoisotopic (exact) mass is 238 g/mol. The van der Waals surface area contributed by atoms with Crippen LogP contribution in [0.2, 0.25) is 0 Å². The first-order valence-corrected chi connectivity index (χ1v) is 5.52. The van der Waals surface area contributed by atoms with E-state index in [0.29, 0.717) is 5.57 Å². The average Bonchev–Trinajstić information content (AvgIpc) is 2.16. The SMILES string of the molecule is C=C(C)COS(=O)(=O)c1ccccc1.[H-].[H-].[Mg+2]. The summed E-state index contributed by atoms with van der Waals surface area (Å²) in [7, 11) is -3.62. The van der Waals surface area contributed by atoms with Crippen molar-refractivity contribution >= 4 is 33.2 Å². The molecule has 0 atom stereocenters. The Balaban J connectivity index is -0.000000653. The maximum atomic E-state index is 11.5. The molecule has 0 radical (unpaired) electrons. The van der Waals surface area contributed by atoms with E-state index in [1.54, 1.807) is 25.1 Å². The summed E-state index contributed by atoms with van der Waals surface area (Å²) in [5.41, 5.74) is 0.671. The van der Waals surface area contributed by atoms with E-state index in [2.05, 4.69) is 6.58 Å². The van der Waals surface area contributed by atoms with Crippen LogP contribution in [0, 0.1) is 0 Å². The van der Waals surface area contributed by atoms with Gasteiger partial charge in [0.05, 0.1) is 11.5 Å². The molecule has 15 heavy (non-hydrogen) atoms. The molecule has 0 saturated carbocycles. The van der Waals surface area contributed by atoms with Gasteiger partial charge in [-0.1, -0.05) is 30.4 Å². The molecule has 0 saturated heterocycles.